The van der Waals surface area contributed by atoms with Gasteiger partial charge in [0.15, 0.2) is 6.23 Å². The van der Waals surface area contributed by atoms with Crippen molar-refractivity contribution >= 4 is 5.91 Å². The monoisotopic (exact) mass is 205 g/mol. The first-order valence-corrected chi connectivity index (χ1v) is 5.26. The summed E-state index contributed by atoms with van der Waals surface area (Å²) in [5, 5.41) is 10.0. The highest BCUT2D eigenvalue weighted by Gasteiger charge is 2.37. The van der Waals surface area contributed by atoms with Crippen LogP contribution in [0.1, 0.15) is 42.4 Å². The summed E-state index contributed by atoms with van der Waals surface area (Å²) in [5.41, 5.74) is 1.35. The van der Waals surface area contributed by atoms with Gasteiger partial charge in [0.2, 0.25) is 0 Å². The van der Waals surface area contributed by atoms with E-state index in [9.17, 15) is 9.90 Å². The maximum absolute atomic E-state index is 12.0. The van der Waals surface area contributed by atoms with Crippen LogP contribution in [-0.2, 0) is 0 Å². The smallest absolute Gasteiger partial charge is 0.256 e. The summed E-state index contributed by atoms with van der Waals surface area (Å²) in [7, 11) is 0. The number of fused-ring (bicyclic) bond motifs is 1. The molecule has 1 N–H and O–H groups in total. The van der Waals surface area contributed by atoms with Gasteiger partial charge in [0.05, 0.1) is 0 Å². The second-order valence-electron chi connectivity index (χ2n) is 3.93. The van der Waals surface area contributed by atoms with Gasteiger partial charge in [-0.2, -0.15) is 0 Å². The number of rotatable bonds is 2. The van der Waals surface area contributed by atoms with E-state index in [2.05, 4.69) is 0 Å². The lowest BCUT2D eigenvalue weighted by molar-refractivity contribution is -0.000373. The highest BCUT2D eigenvalue weighted by atomic mass is 16.3. The topological polar surface area (TPSA) is 40.5 Å². The molecular formula is C12H15NO2. The standard InChI is InChI=1S/C12H15NO2/c1-3-8(2)13-11(14)9-6-4-5-7-10(9)12(13)15/h4-8,11,14H,3H2,1-2H3. The van der Waals surface area contributed by atoms with E-state index in [-0.39, 0.29) is 11.9 Å². The van der Waals surface area contributed by atoms with Gasteiger partial charge >= 0.3 is 0 Å². The lowest BCUT2D eigenvalue weighted by Crippen LogP contribution is -2.35. The summed E-state index contributed by atoms with van der Waals surface area (Å²) in [6, 6.07) is 7.31. The Kier molecular flexibility index (Phi) is 2.49. The van der Waals surface area contributed by atoms with Gasteiger partial charge in [0, 0.05) is 17.2 Å². The van der Waals surface area contributed by atoms with Crippen molar-refractivity contribution in [2.75, 3.05) is 0 Å². The maximum Gasteiger partial charge on any atom is 0.256 e. The molecule has 1 amide bonds. The Hall–Kier alpha value is -1.35. The fourth-order valence-electron chi connectivity index (χ4n) is 1.95. The van der Waals surface area contributed by atoms with Crippen LogP contribution in [0.5, 0.6) is 0 Å². The van der Waals surface area contributed by atoms with E-state index in [1.807, 2.05) is 26.0 Å². The third-order valence-corrected chi connectivity index (χ3v) is 3.03. The molecule has 1 aromatic carbocycles. The molecule has 1 aliphatic rings. The van der Waals surface area contributed by atoms with Crippen LogP contribution in [0.25, 0.3) is 0 Å². The van der Waals surface area contributed by atoms with Crippen molar-refractivity contribution < 1.29 is 9.90 Å². The largest absolute Gasteiger partial charge is 0.369 e. The molecule has 0 spiro atoms. The summed E-state index contributed by atoms with van der Waals surface area (Å²) in [4.78, 5) is 13.5. The number of amides is 1. The average molecular weight is 205 g/mol. The first-order valence-electron chi connectivity index (χ1n) is 5.26. The molecule has 2 atom stereocenters. The Morgan fingerprint density at radius 2 is 2.13 bits per heavy atom. The Morgan fingerprint density at radius 1 is 1.47 bits per heavy atom. The second-order valence-corrected chi connectivity index (χ2v) is 3.93. The van der Waals surface area contributed by atoms with E-state index in [0.29, 0.717) is 5.56 Å². The second kappa shape index (κ2) is 3.66. The molecule has 0 aliphatic carbocycles. The van der Waals surface area contributed by atoms with E-state index in [1.54, 1.807) is 17.0 Å². The van der Waals surface area contributed by atoms with Gasteiger partial charge in [-0.15, -0.1) is 0 Å². The first-order chi connectivity index (χ1) is 7.16. The van der Waals surface area contributed by atoms with E-state index in [4.69, 9.17) is 0 Å². The maximum atomic E-state index is 12.0. The molecule has 1 aromatic rings. The fourth-order valence-corrected chi connectivity index (χ4v) is 1.95. The first kappa shape index (κ1) is 10.2. The SMILES string of the molecule is CCC(C)N1C(=O)c2ccccc2C1O. The number of carbonyl (C=O) groups excluding carboxylic acids is 1. The van der Waals surface area contributed by atoms with Crippen LogP contribution >= 0.6 is 0 Å². The third-order valence-electron chi connectivity index (χ3n) is 3.03. The normalized spacial score (nSPS) is 21.7. The van der Waals surface area contributed by atoms with Crippen LogP contribution in [-0.4, -0.2) is 22.0 Å². The van der Waals surface area contributed by atoms with Crippen LogP contribution in [0, 0.1) is 0 Å². The molecule has 0 bridgehead atoms. The zero-order chi connectivity index (χ0) is 11.0. The highest BCUT2D eigenvalue weighted by Crippen LogP contribution is 2.33. The molecule has 0 saturated carbocycles. The summed E-state index contributed by atoms with van der Waals surface area (Å²) in [6.45, 7) is 3.96. The minimum absolute atomic E-state index is 0.0625. The van der Waals surface area contributed by atoms with Gasteiger partial charge in [0.1, 0.15) is 0 Å². The highest BCUT2D eigenvalue weighted by molar-refractivity contribution is 5.99. The van der Waals surface area contributed by atoms with E-state index >= 15 is 0 Å². The molecule has 3 heteroatoms. The third kappa shape index (κ3) is 1.43. The van der Waals surface area contributed by atoms with Crippen LogP contribution in [0.15, 0.2) is 24.3 Å². The van der Waals surface area contributed by atoms with Crippen molar-refractivity contribution in [3.05, 3.63) is 35.4 Å². The Balaban J connectivity index is 2.41. The molecule has 3 nitrogen and oxygen atoms in total. The molecule has 2 rings (SSSR count). The van der Waals surface area contributed by atoms with Crippen molar-refractivity contribution in [1.82, 2.24) is 4.90 Å². The van der Waals surface area contributed by atoms with Crippen molar-refractivity contribution in [2.24, 2.45) is 0 Å². The van der Waals surface area contributed by atoms with Gasteiger partial charge in [-0.3, -0.25) is 4.79 Å². The molecule has 1 aliphatic heterocycles. The minimum atomic E-state index is -0.774. The predicted octanol–water partition coefficient (Wildman–Crippen LogP) is 1.93. The van der Waals surface area contributed by atoms with Gasteiger partial charge < -0.3 is 10.0 Å². The number of carbonyl (C=O) groups is 1. The van der Waals surface area contributed by atoms with Crippen LogP contribution in [0.4, 0.5) is 0 Å². The van der Waals surface area contributed by atoms with E-state index in [0.717, 1.165) is 12.0 Å². The quantitative estimate of drug-likeness (QED) is 0.801. The number of benzene rings is 1. The van der Waals surface area contributed by atoms with Gasteiger partial charge in [0.25, 0.3) is 5.91 Å². The van der Waals surface area contributed by atoms with Crippen molar-refractivity contribution in [1.29, 1.82) is 0 Å². The number of hydrogen-bond acceptors (Lipinski definition) is 2. The molecule has 0 saturated heterocycles. The summed E-state index contributed by atoms with van der Waals surface area (Å²) < 4.78 is 0. The summed E-state index contributed by atoms with van der Waals surface area (Å²) >= 11 is 0. The van der Waals surface area contributed by atoms with Crippen molar-refractivity contribution in [2.45, 2.75) is 32.5 Å². The van der Waals surface area contributed by atoms with Crippen molar-refractivity contribution in [3.8, 4) is 0 Å². The molecule has 0 aromatic heterocycles. The summed E-state index contributed by atoms with van der Waals surface area (Å²) in [5.74, 6) is -0.0625. The Morgan fingerprint density at radius 3 is 2.73 bits per heavy atom. The van der Waals surface area contributed by atoms with E-state index in [1.165, 1.54) is 0 Å². The number of aliphatic hydroxyl groups excluding tert-OH is 1. The van der Waals surface area contributed by atoms with E-state index < -0.39 is 6.23 Å². The molecule has 15 heavy (non-hydrogen) atoms. The number of hydrogen-bond donors (Lipinski definition) is 1. The molecule has 2 unspecified atom stereocenters. The molecule has 80 valence electrons. The van der Waals surface area contributed by atoms with Crippen LogP contribution in [0.3, 0.4) is 0 Å². The summed E-state index contributed by atoms with van der Waals surface area (Å²) in [6.07, 6.45) is 0.0696. The fraction of sp³-hybridized carbons (Fsp3) is 0.417. The molecule has 1 heterocycles. The Labute approximate surface area is 89.3 Å². The zero-order valence-corrected chi connectivity index (χ0v) is 8.97. The minimum Gasteiger partial charge on any atom is -0.369 e. The zero-order valence-electron chi connectivity index (χ0n) is 8.97. The number of aliphatic hydroxyl groups is 1. The number of nitrogens with zero attached hydrogens (tertiary/aromatic N) is 1. The average Bonchev–Trinajstić information content (AvgIpc) is 2.52. The van der Waals surface area contributed by atoms with Crippen LogP contribution in [0.2, 0.25) is 0 Å². The van der Waals surface area contributed by atoms with Gasteiger partial charge in [-0.1, -0.05) is 25.1 Å². The van der Waals surface area contributed by atoms with Crippen molar-refractivity contribution in [3.63, 3.8) is 0 Å². The predicted molar refractivity (Wildman–Crippen MR) is 57.3 cm³/mol. The molecule has 0 fully saturated rings. The van der Waals surface area contributed by atoms with Gasteiger partial charge in [-0.25, -0.2) is 0 Å². The molecular weight excluding hydrogens is 190 g/mol. The lowest BCUT2D eigenvalue weighted by Gasteiger charge is -2.27. The lowest BCUT2D eigenvalue weighted by atomic mass is 10.1. The Bertz CT molecular complexity index is 389. The van der Waals surface area contributed by atoms with Gasteiger partial charge in [-0.05, 0) is 19.4 Å². The molecule has 0 radical (unpaired) electrons. The van der Waals surface area contributed by atoms with Crippen LogP contribution < -0.4 is 0 Å².